The Hall–Kier alpha value is -1.22. The number of anilines is 2. The maximum Gasteiger partial charge on any atom is 0.0579 e. The van der Waals surface area contributed by atoms with E-state index in [2.05, 4.69) is 43.2 Å². The van der Waals surface area contributed by atoms with Crippen LogP contribution >= 0.6 is 0 Å². The molecule has 1 aromatic carbocycles. The van der Waals surface area contributed by atoms with E-state index in [4.69, 9.17) is 5.73 Å². The molecule has 1 saturated heterocycles. The fraction of sp³-hybridized carbons (Fsp3) is 0.538. The molecule has 0 radical (unpaired) electrons. The zero-order valence-electron chi connectivity index (χ0n) is 10.4. The van der Waals surface area contributed by atoms with Crippen LogP contribution in [-0.2, 0) is 0 Å². The van der Waals surface area contributed by atoms with Crippen LogP contribution in [0.15, 0.2) is 12.1 Å². The number of hydrogen-bond acceptors (Lipinski definition) is 3. The Morgan fingerprint density at radius 1 is 1.31 bits per heavy atom. The van der Waals surface area contributed by atoms with E-state index in [0.717, 1.165) is 17.9 Å². The second kappa shape index (κ2) is 4.34. The van der Waals surface area contributed by atoms with Crippen LogP contribution in [0.25, 0.3) is 0 Å². The molecule has 1 atom stereocenters. The SMILES string of the molecule is Cc1cc(N)c(NC2CCN(C)C2)cc1C. The summed E-state index contributed by atoms with van der Waals surface area (Å²) in [7, 11) is 2.16. The second-order valence-corrected chi connectivity index (χ2v) is 4.92. The van der Waals surface area contributed by atoms with Gasteiger partial charge in [0, 0.05) is 12.6 Å². The highest BCUT2D eigenvalue weighted by molar-refractivity contribution is 5.69. The first-order valence-corrected chi connectivity index (χ1v) is 5.88. The summed E-state index contributed by atoms with van der Waals surface area (Å²) in [5.74, 6) is 0. The molecule has 0 spiro atoms. The van der Waals surface area contributed by atoms with Gasteiger partial charge in [-0.3, -0.25) is 0 Å². The van der Waals surface area contributed by atoms with Gasteiger partial charge in [0.2, 0.25) is 0 Å². The highest BCUT2D eigenvalue weighted by Crippen LogP contribution is 2.25. The van der Waals surface area contributed by atoms with Crippen LogP contribution in [0.3, 0.4) is 0 Å². The molecule has 3 N–H and O–H groups in total. The molecule has 1 unspecified atom stereocenters. The average Bonchev–Trinajstić information content (AvgIpc) is 2.60. The van der Waals surface area contributed by atoms with Gasteiger partial charge in [0.1, 0.15) is 0 Å². The van der Waals surface area contributed by atoms with Crippen LogP contribution in [0.1, 0.15) is 17.5 Å². The summed E-state index contributed by atoms with van der Waals surface area (Å²) in [6.07, 6.45) is 1.20. The molecular formula is C13H21N3. The van der Waals surface area contributed by atoms with E-state index in [1.807, 2.05) is 0 Å². The number of hydrogen-bond donors (Lipinski definition) is 2. The highest BCUT2D eigenvalue weighted by Gasteiger charge is 2.19. The largest absolute Gasteiger partial charge is 0.397 e. The van der Waals surface area contributed by atoms with E-state index in [-0.39, 0.29) is 0 Å². The molecule has 1 heterocycles. The van der Waals surface area contributed by atoms with Crippen molar-refractivity contribution in [3.8, 4) is 0 Å². The fourth-order valence-corrected chi connectivity index (χ4v) is 2.24. The van der Waals surface area contributed by atoms with E-state index in [1.165, 1.54) is 24.1 Å². The first-order chi connectivity index (χ1) is 7.56. The van der Waals surface area contributed by atoms with Crippen molar-refractivity contribution in [3.05, 3.63) is 23.3 Å². The molecule has 0 amide bonds. The summed E-state index contributed by atoms with van der Waals surface area (Å²) in [5.41, 5.74) is 10.5. The lowest BCUT2D eigenvalue weighted by atomic mass is 10.1. The van der Waals surface area contributed by atoms with Crippen molar-refractivity contribution < 1.29 is 0 Å². The van der Waals surface area contributed by atoms with Gasteiger partial charge in [0.15, 0.2) is 0 Å². The third-order valence-electron chi connectivity index (χ3n) is 3.42. The Morgan fingerprint density at radius 2 is 2.00 bits per heavy atom. The summed E-state index contributed by atoms with van der Waals surface area (Å²) < 4.78 is 0. The Balaban J connectivity index is 2.12. The van der Waals surface area contributed by atoms with Crippen LogP contribution < -0.4 is 11.1 Å². The standard InChI is InChI=1S/C13H21N3/c1-9-6-12(14)13(7-10(9)2)15-11-4-5-16(3)8-11/h6-7,11,15H,4-5,8,14H2,1-3H3. The molecule has 0 saturated carbocycles. The van der Waals surface area contributed by atoms with E-state index >= 15 is 0 Å². The number of nitrogens with two attached hydrogens (primary N) is 1. The van der Waals surface area contributed by atoms with Crippen LogP contribution in [0, 0.1) is 13.8 Å². The normalized spacial score (nSPS) is 21.3. The number of nitrogens with zero attached hydrogens (tertiary/aromatic N) is 1. The predicted octanol–water partition coefficient (Wildman–Crippen LogP) is 2.00. The van der Waals surface area contributed by atoms with Gasteiger partial charge < -0.3 is 16.0 Å². The summed E-state index contributed by atoms with van der Waals surface area (Å²) >= 11 is 0. The molecule has 1 aliphatic rings. The lowest BCUT2D eigenvalue weighted by Gasteiger charge is -2.17. The maximum absolute atomic E-state index is 6.03. The van der Waals surface area contributed by atoms with Crippen molar-refractivity contribution >= 4 is 11.4 Å². The minimum Gasteiger partial charge on any atom is -0.397 e. The minimum absolute atomic E-state index is 0.536. The maximum atomic E-state index is 6.03. The van der Waals surface area contributed by atoms with Crippen molar-refractivity contribution in [1.82, 2.24) is 4.90 Å². The minimum atomic E-state index is 0.536. The second-order valence-electron chi connectivity index (χ2n) is 4.92. The summed E-state index contributed by atoms with van der Waals surface area (Å²) in [6.45, 7) is 6.49. The van der Waals surface area contributed by atoms with Gasteiger partial charge in [-0.15, -0.1) is 0 Å². The van der Waals surface area contributed by atoms with Gasteiger partial charge in [-0.2, -0.15) is 0 Å². The Labute approximate surface area is 97.6 Å². The van der Waals surface area contributed by atoms with E-state index in [0.29, 0.717) is 6.04 Å². The van der Waals surface area contributed by atoms with Crippen molar-refractivity contribution in [2.75, 3.05) is 31.2 Å². The van der Waals surface area contributed by atoms with E-state index in [9.17, 15) is 0 Å². The number of likely N-dealkylation sites (tertiary alicyclic amines) is 1. The molecule has 16 heavy (non-hydrogen) atoms. The molecule has 1 aliphatic heterocycles. The zero-order valence-corrected chi connectivity index (χ0v) is 10.4. The smallest absolute Gasteiger partial charge is 0.0579 e. The zero-order chi connectivity index (χ0) is 11.7. The Morgan fingerprint density at radius 3 is 2.62 bits per heavy atom. The van der Waals surface area contributed by atoms with Gasteiger partial charge in [-0.05, 0) is 57.1 Å². The van der Waals surface area contributed by atoms with E-state index < -0.39 is 0 Å². The molecule has 1 fully saturated rings. The van der Waals surface area contributed by atoms with Crippen LogP contribution in [0.2, 0.25) is 0 Å². The lowest BCUT2D eigenvalue weighted by molar-refractivity contribution is 0.414. The average molecular weight is 219 g/mol. The third-order valence-corrected chi connectivity index (χ3v) is 3.42. The molecule has 3 heteroatoms. The first kappa shape index (κ1) is 11.3. The van der Waals surface area contributed by atoms with Crippen molar-refractivity contribution in [1.29, 1.82) is 0 Å². The first-order valence-electron chi connectivity index (χ1n) is 5.88. The van der Waals surface area contributed by atoms with Gasteiger partial charge in [-0.1, -0.05) is 0 Å². The van der Waals surface area contributed by atoms with Crippen molar-refractivity contribution in [3.63, 3.8) is 0 Å². The molecule has 88 valence electrons. The van der Waals surface area contributed by atoms with E-state index in [1.54, 1.807) is 0 Å². The predicted molar refractivity (Wildman–Crippen MR) is 69.9 cm³/mol. The number of likely N-dealkylation sites (N-methyl/N-ethyl adjacent to an activating group) is 1. The van der Waals surface area contributed by atoms with Crippen LogP contribution in [-0.4, -0.2) is 31.1 Å². The Kier molecular flexibility index (Phi) is 3.06. The lowest BCUT2D eigenvalue weighted by Crippen LogP contribution is -2.24. The fourth-order valence-electron chi connectivity index (χ4n) is 2.24. The number of aryl methyl sites for hydroxylation is 2. The Bertz CT molecular complexity index is 387. The van der Waals surface area contributed by atoms with Crippen molar-refractivity contribution in [2.24, 2.45) is 0 Å². The molecular weight excluding hydrogens is 198 g/mol. The van der Waals surface area contributed by atoms with Gasteiger partial charge in [0.25, 0.3) is 0 Å². The quantitative estimate of drug-likeness (QED) is 0.748. The molecule has 1 aromatic rings. The third kappa shape index (κ3) is 2.30. The number of nitrogens with one attached hydrogen (secondary N) is 1. The number of benzene rings is 1. The van der Waals surface area contributed by atoms with Gasteiger partial charge in [-0.25, -0.2) is 0 Å². The van der Waals surface area contributed by atoms with Crippen molar-refractivity contribution in [2.45, 2.75) is 26.3 Å². The summed E-state index contributed by atoms with van der Waals surface area (Å²) in [5, 5.41) is 3.54. The topological polar surface area (TPSA) is 41.3 Å². The molecule has 0 bridgehead atoms. The summed E-state index contributed by atoms with van der Waals surface area (Å²) in [4.78, 5) is 2.34. The van der Waals surface area contributed by atoms with Gasteiger partial charge in [0.05, 0.1) is 11.4 Å². The molecule has 0 aliphatic carbocycles. The number of rotatable bonds is 2. The summed E-state index contributed by atoms with van der Waals surface area (Å²) in [6, 6.07) is 4.74. The highest BCUT2D eigenvalue weighted by atomic mass is 15.2. The molecule has 0 aromatic heterocycles. The number of nitrogen functional groups attached to an aromatic ring is 1. The van der Waals surface area contributed by atoms with Crippen LogP contribution in [0.4, 0.5) is 11.4 Å². The molecule has 2 rings (SSSR count). The monoisotopic (exact) mass is 219 g/mol. The van der Waals surface area contributed by atoms with Crippen LogP contribution in [0.5, 0.6) is 0 Å². The van der Waals surface area contributed by atoms with Gasteiger partial charge >= 0.3 is 0 Å². The molecule has 3 nitrogen and oxygen atoms in total.